The molecule has 3 N–H and O–H groups in total. The Bertz CT molecular complexity index is 362. The third kappa shape index (κ3) is 1.51. The molecule has 2 unspecified atom stereocenters. The molecule has 1 aliphatic rings. The van der Waals surface area contributed by atoms with Gasteiger partial charge in [-0.1, -0.05) is 24.3 Å². The molecule has 1 aromatic rings. The third-order valence-corrected chi connectivity index (χ3v) is 2.82. The van der Waals surface area contributed by atoms with Crippen molar-refractivity contribution in [2.45, 2.75) is 24.8 Å². The molecule has 3 heteroatoms. The summed E-state index contributed by atoms with van der Waals surface area (Å²) in [6, 6.07) is 7.40. The first kappa shape index (κ1) is 9.21. The van der Waals surface area contributed by atoms with Gasteiger partial charge in [-0.2, -0.15) is 0 Å². The van der Waals surface area contributed by atoms with Crippen molar-refractivity contribution in [3.63, 3.8) is 0 Å². The fourth-order valence-electron chi connectivity index (χ4n) is 1.98. The summed E-state index contributed by atoms with van der Waals surface area (Å²) >= 11 is 0. The Hall–Kier alpha value is -1.35. The van der Waals surface area contributed by atoms with Gasteiger partial charge in [0.25, 0.3) is 0 Å². The second-order valence-corrected chi connectivity index (χ2v) is 3.78. The lowest BCUT2D eigenvalue weighted by Crippen LogP contribution is -2.34. The molecule has 0 bridgehead atoms. The summed E-state index contributed by atoms with van der Waals surface area (Å²) in [4.78, 5) is 10.6. The fraction of sp³-hybridized carbons (Fsp3) is 0.364. The molecule has 0 saturated carbocycles. The molecule has 0 amide bonds. The molecule has 1 aliphatic carbocycles. The molecule has 0 aliphatic heterocycles. The van der Waals surface area contributed by atoms with Crippen LogP contribution in [0.1, 0.15) is 23.5 Å². The van der Waals surface area contributed by atoms with Crippen LogP contribution < -0.4 is 5.73 Å². The lowest BCUT2D eigenvalue weighted by Gasteiger charge is -2.31. The summed E-state index contributed by atoms with van der Waals surface area (Å²) in [5.74, 6) is -0.563. The predicted molar refractivity (Wildman–Crippen MR) is 53.1 cm³/mol. The van der Waals surface area contributed by atoms with Crippen molar-refractivity contribution < 1.29 is 9.90 Å². The minimum Gasteiger partial charge on any atom is -0.480 e. The van der Waals surface area contributed by atoms with Crippen LogP contribution in [-0.2, 0) is 11.2 Å². The maximum Gasteiger partial charge on any atom is 0.320 e. The summed E-state index contributed by atoms with van der Waals surface area (Å²) in [6.45, 7) is 0. The molecule has 0 saturated heterocycles. The summed E-state index contributed by atoms with van der Waals surface area (Å²) in [5.41, 5.74) is 8.08. The topological polar surface area (TPSA) is 63.3 Å². The molecule has 1 aromatic carbocycles. The lowest BCUT2D eigenvalue weighted by atomic mass is 9.74. The van der Waals surface area contributed by atoms with Gasteiger partial charge < -0.3 is 10.8 Å². The molecular formula is C11H13NO2. The highest BCUT2D eigenvalue weighted by Gasteiger charge is 2.28. The number of fused-ring (bicyclic) bond motifs is 1. The molecule has 2 atom stereocenters. The van der Waals surface area contributed by atoms with Crippen molar-refractivity contribution in [1.82, 2.24) is 0 Å². The van der Waals surface area contributed by atoms with Crippen LogP contribution in [0.5, 0.6) is 0 Å². The van der Waals surface area contributed by atoms with Gasteiger partial charge in [-0.25, -0.2) is 0 Å². The Morgan fingerprint density at radius 3 is 2.93 bits per heavy atom. The van der Waals surface area contributed by atoms with Crippen molar-refractivity contribution in [1.29, 1.82) is 0 Å². The van der Waals surface area contributed by atoms with Crippen molar-refractivity contribution in [2.75, 3.05) is 0 Å². The van der Waals surface area contributed by atoms with Crippen LogP contribution in [0.2, 0.25) is 0 Å². The average Bonchev–Trinajstić information content (AvgIpc) is 2.13. The molecule has 0 radical (unpaired) electrons. The number of carboxylic acids is 1. The van der Waals surface area contributed by atoms with Crippen LogP contribution in [0, 0.1) is 0 Å². The van der Waals surface area contributed by atoms with Crippen LogP contribution in [0.3, 0.4) is 0 Å². The van der Waals surface area contributed by atoms with Gasteiger partial charge in [0.15, 0.2) is 0 Å². The highest BCUT2D eigenvalue weighted by molar-refractivity contribution is 5.73. The van der Waals surface area contributed by atoms with Gasteiger partial charge in [-0.05, 0) is 29.9 Å². The van der Waals surface area contributed by atoms with Gasteiger partial charge in [0.1, 0.15) is 6.04 Å². The van der Waals surface area contributed by atoms with Crippen molar-refractivity contribution in [3.05, 3.63) is 35.4 Å². The van der Waals surface area contributed by atoms with Crippen LogP contribution in [-0.4, -0.2) is 17.1 Å². The largest absolute Gasteiger partial charge is 0.480 e. The van der Waals surface area contributed by atoms with E-state index in [1.807, 2.05) is 12.1 Å². The van der Waals surface area contributed by atoms with Crippen molar-refractivity contribution >= 4 is 5.97 Å². The van der Waals surface area contributed by atoms with Gasteiger partial charge in [-0.3, -0.25) is 4.79 Å². The zero-order valence-electron chi connectivity index (χ0n) is 7.81. The van der Waals surface area contributed by atoms with E-state index in [9.17, 15) is 4.79 Å². The summed E-state index contributed by atoms with van der Waals surface area (Å²) in [7, 11) is 0. The zero-order chi connectivity index (χ0) is 10.1. The van der Waals surface area contributed by atoms with Crippen LogP contribution in [0.25, 0.3) is 0 Å². The van der Waals surface area contributed by atoms with E-state index < -0.39 is 12.0 Å². The molecule has 3 nitrogen and oxygen atoms in total. The van der Waals surface area contributed by atoms with E-state index in [1.54, 1.807) is 0 Å². The standard InChI is InChI=1S/C11H13NO2/c12-10(11(13)14)6-8-5-7-3-1-2-4-9(7)8/h1-4,8,10H,5-6,12H2,(H,13,14). The first-order chi connectivity index (χ1) is 6.68. The number of benzene rings is 1. The summed E-state index contributed by atoms with van der Waals surface area (Å²) < 4.78 is 0. The zero-order valence-corrected chi connectivity index (χ0v) is 7.81. The summed E-state index contributed by atoms with van der Waals surface area (Å²) in [5, 5.41) is 8.67. The number of nitrogens with two attached hydrogens (primary N) is 1. The van der Waals surface area contributed by atoms with E-state index in [-0.39, 0.29) is 0 Å². The number of rotatable bonds is 3. The number of hydrogen-bond donors (Lipinski definition) is 2. The van der Waals surface area contributed by atoms with Crippen LogP contribution in [0.15, 0.2) is 24.3 Å². The molecule has 2 rings (SSSR count). The third-order valence-electron chi connectivity index (χ3n) is 2.82. The number of hydrogen-bond acceptors (Lipinski definition) is 2. The SMILES string of the molecule is NC(CC1Cc2ccccc21)C(=O)O. The average molecular weight is 191 g/mol. The lowest BCUT2D eigenvalue weighted by molar-refractivity contribution is -0.138. The van der Waals surface area contributed by atoms with Gasteiger partial charge in [0, 0.05) is 0 Å². The highest BCUT2D eigenvalue weighted by atomic mass is 16.4. The first-order valence-corrected chi connectivity index (χ1v) is 4.74. The molecule has 74 valence electrons. The van der Waals surface area contributed by atoms with E-state index in [0.717, 1.165) is 6.42 Å². The molecule has 14 heavy (non-hydrogen) atoms. The van der Waals surface area contributed by atoms with E-state index in [0.29, 0.717) is 12.3 Å². The second-order valence-electron chi connectivity index (χ2n) is 3.78. The van der Waals surface area contributed by atoms with Crippen LogP contribution in [0.4, 0.5) is 0 Å². The van der Waals surface area contributed by atoms with E-state index in [1.165, 1.54) is 11.1 Å². The second kappa shape index (κ2) is 3.42. The molecule has 0 fully saturated rings. The van der Waals surface area contributed by atoms with E-state index in [2.05, 4.69) is 12.1 Å². The number of carbonyl (C=O) groups is 1. The number of aliphatic carboxylic acids is 1. The first-order valence-electron chi connectivity index (χ1n) is 4.74. The molecule has 0 spiro atoms. The minimum atomic E-state index is -0.908. The monoisotopic (exact) mass is 191 g/mol. The smallest absolute Gasteiger partial charge is 0.320 e. The Morgan fingerprint density at radius 2 is 2.29 bits per heavy atom. The number of carboxylic acid groups (broad SMARTS) is 1. The Kier molecular flexibility index (Phi) is 2.25. The Labute approximate surface area is 82.5 Å². The van der Waals surface area contributed by atoms with E-state index in [4.69, 9.17) is 10.8 Å². The molecule has 0 heterocycles. The predicted octanol–water partition coefficient (Wildman–Crippen LogP) is 1.13. The van der Waals surface area contributed by atoms with Crippen molar-refractivity contribution in [2.24, 2.45) is 5.73 Å². The molecular weight excluding hydrogens is 178 g/mol. The van der Waals surface area contributed by atoms with Gasteiger partial charge in [0.05, 0.1) is 0 Å². The van der Waals surface area contributed by atoms with Gasteiger partial charge in [0.2, 0.25) is 0 Å². The molecule has 0 aromatic heterocycles. The highest BCUT2D eigenvalue weighted by Crippen LogP contribution is 2.37. The fourth-order valence-corrected chi connectivity index (χ4v) is 1.98. The Balaban J connectivity index is 2.02. The van der Waals surface area contributed by atoms with Crippen molar-refractivity contribution in [3.8, 4) is 0 Å². The van der Waals surface area contributed by atoms with Crippen LogP contribution >= 0.6 is 0 Å². The normalized spacial score (nSPS) is 20.8. The van der Waals surface area contributed by atoms with E-state index >= 15 is 0 Å². The van der Waals surface area contributed by atoms with Gasteiger partial charge >= 0.3 is 5.97 Å². The maximum absolute atomic E-state index is 10.6. The minimum absolute atomic E-state index is 0.345. The Morgan fingerprint density at radius 1 is 1.57 bits per heavy atom. The quantitative estimate of drug-likeness (QED) is 0.752. The summed E-state index contributed by atoms with van der Waals surface area (Å²) in [6.07, 6.45) is 1.52. The van der Waals surface area contributed by atoms with Gasteiger partial charge in [-0.15, -0.1) is 0 Å². The maximum atomic E-state index is 10.6.